The summed E-state index contributed by atoms with van der Waals surface area (Å²) in [4.78, 5) is 13.3. The lowest BCUT2D eigenvalue weighted by atomic mass is 9.98. The molecule has 0 saturated carbocycles. The molecule has 7 nitrogen and oxygen atoms in total. The lowest BCUT2D eigenvalue weighted by Crippen LogP contribution is -2.24. The molecule has 7 heteroatoms. The summed E-state index contributed by atoms with van der Waals surface area (Å²) in [5.74, 6) is 6.57. The zero-order valence-electron chi connectivity index (χ0n) is 18.6. The Morgan fingerprint density at radius 3 is 2.35 bits per heavy atom. The van der Waals surface area contributed by atoms with E-state index >= 15 is 0 Å². The second-order valence-corrected chi connectivity index (χ2v) is 7.78. The summed E-state index contributed by atoms with van der Waals surface area (Å²) in [5, 5.41) is 14.4. The Balaban J connectivity index is 1.48. The van der Waals surface area contributed by atoms with Gasteiger partial charge in [0.25, 0.3) is 0 Å². The van der Waals surface area contributed by atoms with Crippen molar-refractivity contribution in [1.29, 1.82) is 0 Å². The molecule has 0 saturated heterocycles. The molecule has 0 atom stereocenters. The molecular weight excluding hydrogens is 424 g/mol. The van der Waals surface area contributed by atoms with Crippen LogP contribution in [0.15, 0.2) is 89.9 Å². The molecule has 0 fully saturated rings. The maximum atomic E-state index is 13.3. The van der Waals surface area contributed by atoms with Crippen LogP contribution in [-0.4, -0.2) is 29.8 Å². The summed E-state index contributed by atoms with van der Waals surface area (Å²) in [7, 11) is 0. The number of nitrogens with zero attached hydrogens (tertiary/aromatic N) is 5. The largest absolute Gasteiger partial charge is 0.333 e. The van der Waals surface area contributed by atoms with Crippen molar-refractivity contribution in [1.82, 2.24) is 29.8 Å². The minimum atomic E-state index is -0.0781. The van der Waals surface area contributed by atoms with Crippen LogP contribution in [0.2, 0.25) is 0 Å². The summed E-state index contributed by atoms with van der Waals surface area (Å²) in [6.07, 6.45) is 2.40. The predicted molar refractivity (Wildman–Crippen MR) is 131 cm³/mol. The van der Waals surface area contributed by atoms with Crippen molar-refractivity contribution in [3.05, 3.63) is 107 Å². The van der Waals surface area contributed by atoms with Gasteiger partial charge in [-0.3, -0.25) is 9.13 Å². The molecule has 0 aliphatic heterocycles. The highest BCUT2D eigenvalue weighted by Gasteiger charge is 2.14. The molecule has 3 aromatic carbocycles. The summed E-state index contributed by atoms with van der Waals surface area (Å²) >= 11 is 0. The second kappa shape index (κ2) is 9.43. The number of imidazole rings is 1. The van der Waals surface area contributed by atoms with Crippen LogP contribution >= 0.6 is 0 Å². The van der Waals surface area contributed by atoms with E-state index in [0.29, 0.717) is 18.8 Å². The molecule has 0 unspecified atom stereocenters. The fraction of sp³-hybridized carbons (Fsp3) is 0.111. The highest BCUT2D eigenvalue weighted by Crippen LogP contribution is 2.29. The Hall–Kier alpha value is -4.70. The van der Waals surface area contributed by atoms with Gasteiger partial charge in [0.2, 0.25) is 5.82 Å². The summed E-state index contributed by atoms with van der Waals surface area (Å²) < 4.78 is 3.47. The number of rotatable bonds is 6. The first-order valence-electron chi connectivity index (χ1n) is 10.9. The van der Waals surface area contributed by atoms with E-state index in [4.69, 9.17) is 0 Å². The quantitative estimate of drug-likeness (QED) is 0.398. The monoisotopic (exact) mass is 446 g/mol. The normalized spacial score (nSPS) is 10.6. The Morgan fingerprint density at radius 1 is 0.912 bits per heavy atom. The molecular formula is C27H22N6O. The molecule has 0 amide bonds. The number of tetrazole rings is 1. The van der Waals surface area contributed by atoms with Gasteiger partial charge < -0.3 is 0 Å². The van der Waals surface area contributed by atoms with Crippen LogP contribution in [0.25, 0.3) is 28.2 Å². The molecule has 1 N–H and O–H groups in total. The topological polar surface area (TPSA) is 81.4 Å². The van der Waals surface area contributed by atoms with E-state index in [1.165, 1.54) is 0 Å². The zero-order valence-corrected chi connectivity index (χ0v) is 18.6. The molecule has 5 aromatic rings. The van der Waals surface area contributed by atoms with Gasteiger partial charge in [0.1, 0.15) is 0 Å². The first-order chi connectivity index (χ1) is 16.7. The van der Waals surface area contributed by atoms with Gasteiger partial charge in [0, 0.05) is 11.8 Å². The lowest BCUT2D eigenvalue weighted by molar-refractivity contribution is 0.716. The van der Waals surface area contributed by atoms with Crippen molar-refractivity contribution >= 4 is 0 Å². The highest BCUT2D eigenvalue weighted by molar-refractivity contribution is 5.80. The second-order valence-electron chi connectivity index (χ2n) is 7.78. The van der Waals surface area contributed by atoms with Crippen LogP contribution in [0.1, 0.15) is 18.2 Å². The van der Waals surface area contributed by atoms with Crippen molar-refractivity contribution in [3.63, 3.8) is 0 Å². The standard InChI is InChI=1S/C27H22N6O/c1-2-3-9-23-19-33(22-10-5-4-6-11-22)27(34)32(23)18-20-14-16-21(17-15-20)24-12-7-8-13-25(24)26-28-30-31-29-26/h4-8,10-17,19H,9,18H2,1H3,(H,28,29,30,31). The van der Waals surface area contributed by atoms with E-state index in [2.05, 4.69) is 44.6 Å². The molecule has 0 bridgehead atoms. The third-order valence-electron chi connectivity index (χ3n) is 5.66. The van der Waals surface area contributed by atoms with Crippen LogP contribution in [0.5, 0.6) is 0 Å². The molecule has 0 radical (unpaired) electrons. The van der Waals surface area contributed by atoms with Gasteiger partial charge >= 0.3 is 5.69 Å². The molecule has 0 spiro atoms. The lowest BCUT2D eigenvalue weighted by Gasteiger charge is -2.09. The van der Waals surface area contributed by atoms with Crippen molar-refractivity contribution in [3.8, 4) is 40.0 Å². The smallest absolute Gasteiger partial charge is 0.291 e. The third-order valence-corrected chi connectivity index (χ3v) is 5.66. The molecule has 2 heterocycles. The molecule has 0 aliphatic rings. The maximum absolute atomic E-state index is 13.3. The average Bonchev–Trinajstić information content (AvgIpc) is 3.53. The SMILES string of the molecule is CC#CCc1cn(-c2ccccc2)c(=O)n1Cc1ccc(-c2ccccc2-c2nn[nH]n2)cc1. The van der Waals surface area contributed by atoms with E-state index < -0.39 is 0 Å². The van der Waals surface area contributed by atoms with Crippen molar-refractivity contribution in [2.24, 2.45) is 0 Å². The molecule has 166 valence electrons. The van der Waals surface area contributed by atoms with Crippen LogP contribution in [0.3, 0.4) is 0 Å². The summed E-state index contributed by atoms with van der Waals surface area (Å²) in [6, 6.07) is 25.8. The predicted octanol–water partition coefficient (Wildman–Crippen LogP) is 4.10. The van der Waals surface area contributed by atoms with Gasteiger partial charge in [0.05, 0.1) is 24.3 Å². The number of H-pyrrole nitrogens is 1. The molecule has 34 heavy (non-hydrogen) atoms. The number of hydrogen-bond acceptors (Lipinski definition) is 4. The van der Waals surface area contributed by atoms with Crippen LogP contribution < -0.4 is 5.69 Å². The first-order valence-corrected chi connectivity index (χ1v) is 10.9. The third kappa shape index (κ3) is 4.17. The van der Waals surface area contributed by atoms with Crippen LogP contribution in [0, 0.1) is 11.8 Å². The maximum Gasteiger partial charge on any atom is 0.333 e. The van der Waals surface area contributed by atoms with Gasteiger partial charge in [-0.25, -0.2) is 4.79 Å². The highest BCUT2D eigenvalue weighted by atomic mass is 16.1. The van der Waals surface area contributed by atoms with Crippen molar-refractivity contribution in [2.45, 2.75) is 19.9 Å². The van der Waals surface area contributed by atoms with Gasteiger partial charge in [-0.2, -0.15) is 5.21 Å². The van der Waals surface area contributed by atoms with E-state index in [-0.39, 0.29) is 5.69 Å². The van der Waals surface area contributed by atoms with Gasteiger partial charge in [0.15, 0.2) is 0 Å². The molecule has 2 aromatic heterocycles. The van der Waals surface area contributed by atoms with E-state index in [1.54, 1.807) is 9.13 Å². The minimum Gasteiger partial charge on any atom is -0.291 e. The number of para-hydroxylation sites is 1. The van der Waals surface area contributed by atoms with Crippen LogP contribution in [-0.2, 0) is 13.0 Å². The Kier molecular flexibility index (Phi) is 5.87. The number of aromatic nitrogens is 6. The van der Waals surface area contributed by atoms with E-state index in [0.717, 1.165) is 33.6 Å². The van der Waals surface area contributed by atoms with Crippen LogP contribution in [0.4, 0.5) is 0 Å². The van der Waals surface area contributed by atoms with Crippen molar-refractivity contribution < 1.29 is 0 Å². The fourth-order valence-corrected chi connectivity index (χ4v) is 3.97. The number of hydrogen-bond donors (Lipinski definition) is 1. The van der Waals surface area contributed by atoms with E-state index in [1.807, 2.05) is 79.9 Å². The first kappa shape index (κ1) is 21.2. The average molecular weight is 447 g/mol. The Morgan fingerprint density at radius 2 is 1.65 bits per heavy atom. The number of aromatic amines is 1. The van der Waals surface area contributed by atoms with Gasteiger partial charge in [-0.05, 0) is 41.0 Å². The Bertz CT molecular complexity index is 1520. The number of nitrogens with one attached hydrogen (secondary N) is 1. The summed E-state index contributed by atoms with van der Waals surface area (Å²) in [6.45, 7) is 2.27. The molecule has 5 rings (SSSR count). The number of benzene rings is 3. The summed E-state index contributed by atoms with van der Waals surface area (Å²) in [5.41, 5.74) is 5.63. The fourth-order valence-electron chi connectivity index (χ4n) is 3.97. The zero-order chi connectivity index (χ0) is 23.3. The van der Waals surface area contributed by atoms with Gasteiger partial charge in [-0.1, -0.05) is 72.7 Å². The van der Waals surface area contributed by atoms with Crippen molar-refractivity contribution in [2.75, 3.05) is 0 Å². The molecule has 0 aliphatic carbocycles. The minimum absolute atomic E-state index is 0.0781. The van der Waals surface area contributed by atoms with Gasteiger partial charge in [-0.15, -0.1) is 16.1 Å². The Labute approximate surface area is 196 Å². The van der Waals surface area contributed by atoms with E-state index in [9.17, 15) is 4.79 Å².